The Hall–Kier alpha value is -3.16. The normalized spacial score (nSPS) is 15.3. The Kier molecular flexibility index (Phi) is 5.68. The van der Waals surface area contributed by atoms with E-state index >= 15 is 0 Å². The van der Waals surface area contributed by atoms with Gasteiger partial charge in [0.25, 0.3) is 0 Å². The predicted molar refractivity (Wildman–Crippen MR) is 132 cm³/mol. The van der Waals surface area contributed by atoms with Crippen LogP contribution < -0.4 is 4.90 Å². The number of benzene rings is 3. The highest BCUT2D eigenvalue weighted by molar-refractivity contribution is 7.89. The molecule has 33 heavy (non-hydrogen) atoms. The Morgan fingerprint density at radius 1 is 0.818 bits per heavy atom. The molecule has 0 unspecified atom stereocenters. The minimum atomic E-state index is -3.51. The van der Waals surface area contributed by atoms with Crippen LogP contribution in [-0.2, 0) is 16.6 Å². The highest BCUT2D eigenvalue weighted by Gasteiger charge is 2.30. The van der Waals surface area contributed by atoms with Crippen LogP contribution in [-0.4, -0.2) is 48.5 Å². The largest absolute Gasteiger partial charge is 0.340 e. The molecule has 0 N–H and O–H groups in total. The molecule has 2 heterocycles. The van der Waals surface area contributed by atoms with Crippen LogP contribution in [0.1, 0.15) is 16.7 Å². The Morgan fingerprint density at radius 2 is 1.52 bits per heavy atom. The summed E-state index contributed by atoms with van der Waals surface area (Å²) in [5.74, 6) is 0.892. The van der Waals surface area contributed by atoms with Crippen molar-refractivity contribution in [3.8, 4) is 0 Å². The molecule has 7 heteroatoms. The van der Waals surface area contributed by atoms with Gasteiger partial charge in [-0.05, 0) is 54.8 Å². The van der Waals surface area contributed by atoms with Crippen molar-refractivity contribution in [2.45, 2.75) is 25.3 Å². The molecule has 1 aliphatic rings. The van der Waals surface area contributed by atoms with Gasteiger partial charge in [0.05, 0.1) is 22.5 Å². The molecular weight excluding hydrogens is 432 g/mol. The molecule has 170 valence electrons. The molecule has 1 fully saturated rings. The number of aryl methyl sites for hydroxylation is 2. The predicted octanol–water partition coefficient (Wildman–Crippen LogP) is 4.21. The maximum atomic E-state index is 13.2. The average Bonchev–Trinajstić information content (AvgIpc) is 3.20. The summed E-state index contributed by atoms with van der Waals surface area (Å²) in [6.45, 7) is 6.73. The number of hydrogen-bond acceptors (Lipinski definition) is 4. The van der Waals surface area contributed by atoms with Crippen LogP contribution in [0.25, 0.3) is 11.0 Å². The molecule has 0 saturated carbocycles. The standard InChI is InChI=1S/C26H28N4O2S/c1-20-12-13-23(18-21(20)2)33(31,32)29-16-14-28(15-17-29)26-27-24-10-6-7-11-25(24)30(26)19-22-8-4-3-5-9-22/h3-13,18H,14-17,19H2,1-2H3. The number of hydrogen-bond donors (Lipinski definition) is 0. The van der Waals surface area contributed by atoms with Crippen LogP contribution in [0.3, 0.4) is 0 Å². The summed E-state index contributed by atoms with van der Waals surface area (Å²) in [7, 11) is -3.51. The SMILES string of the molecule is Cc1ccc(S(=O)(=O)N2CCN(c3nc4ccccc4n3Cc3ccccc3)CC2)cc1C. The number of rotatable bonds is 5. The van der Waals surface area contributed by atoms with E-state index in [1.54, 1.807) is 16.4 Å². The van der Waals surface area contributed by atoms with Crippen LogP contribution >= 0.6 is 0 Å². The highest BCUT2D eigenvalue weighted by atomic mass is 32.2. The quantitative estimate of drug-likeness (QED) is 0.448. The smallest absolute Gasteiger partial charge is 0.243 e. The number of imidazole rings is 1. The summed E-state index contributed by atoms with van der Waals surface area (Å²) < 4.78 is 30.3. The topological polar surface area (TPSA) is 58.4 Å². The van der Waals surface area contributed by atoms with Crippen molar-refractivity contribution in [2.24, 2.45) is 0 Å². The lowest BCUT2D eigenvalue weighted by atomic mass is 10.1. The second-order valence-electron chi connectivity index (χ2n) is 8.61. The van der Waals surface area contributed by atoms with E-state index in [0.29, 0.717) is 31.1 Å². The molecule has 0 amide bonds. The zero-order valence-corrected chi connectivity index (χ0v) is 19.8. The third-order valence-corrected chi connectivity index (χ3v) is 8.35. The fourth-order valence-corrected chi connectivity index (χ4v) is 5.89. The van der Waals surface area contributed by atoms with Crippen molar-refractivity contribution in [1.29, 1.82) is 0 Å². The number of sulfonamides is 1. The highest BCUT2D eigenvalue weighted by Crippen LogP contribution is 2.27. The molecule has 4 aromatic rings. The van der Waals surface area contributed by atoms with Gasteiger partial charge in [0.2, 0.25) is 16.0 Å². The lowest BCUT2D eigenvalue weighted by Gasteiger charge is -2.35. The molecule has 5 rings (SSSR count). The zero-order chi connectivity index (χ0) is 23.0. The van der Waals surface area contributed by atoms with Gasteiger partial charge in [-0.1, -0.05) is 48.5 Å². The van der Waals surface area contributed by atoms with Crippen molar-refractivity contribution in [1.82, 2.24) is 13.9 Å². The third-order valence-electron chi connectivity index (χ3n) is 6.46. The van der Waals surface area contributed by atoms with Gasteiger partial charge in [-0.2, -0.15) is 4.31 Å². The number of piperazine rings is 1. The van der Waals surface area contributed by atoms with Gasteiger partial charge in [0.1, 0.15) is 0 Å². The first kappa shape index (κ1) is 21.7. The van der Waals surface area contributed by atoms with Gasteiger partial charge in [-0.3, -0.25) is 0 Å². The van der Waals surface area contributed by atoms with Crippen LogP contribution in [0.15, 0.2) is 77.7 Å². The summed E-state index contributed by atoms with van der Waals surface area (Å²) >= 11 is 0. The van der Waals surface area contributed by atoms with Gasteiger partial charge >= 0.3 is 0 Å². The summed E-state index contributed by atoms with van der Waals surface area (Å²) in [5, 5.41) is 0. The molecule has 0 spiro atoms. The molecule has 1 aliphatic heterocycles. The zero-order valence-electron chi connectivity index (χ0n) is 19.0. The molecule has 6 nitrogen and oxygen atoms in total. The lowest BCUT2D eigenvalue weighted by molar-refractivity contribution is 0.381. The maximum absolute atomic E-state index is 13.2. The molecular formula is C26H28N4O2S. The monoisotopic (exact) mass is 460 g/mol. The van der Waals surface area contributed by atoms with E-state index < -0.39 is 10.0 Å². The summed E-state index contributed by atoms with van der Waals surface area (Å²) in [6, 6.07) is 23.9. The van der Waals surface area contributed by atoms with Crippen molar-refractivity contribution < 1.29 is 8.42 Å². The fourth-order valence-electron chi connectivity index (χ4n) is 4.38. The van der Waals surface area contributed by atoms with Crippen molar-refractivity contribution in [2.75, 3.05) is 31.1 Å². The first-order chi connectivity index (χ1) is 15.9. The average molecular weight is 461 g/mol. The van der Waals surface area contributed by atoms with Crippen molar-refractivity contribution >= 4 is 27.0 Å². The van der Waals surface area contributed by atoms with Crippen LogP contribution in [0.5, 0.6) is 0 Å². The minimum Gasteiger partial charge on any atom is -0.340 e. The Morgan fingerprint density at radius 3 is 2.24 bits per heavy atom. The Balaban J connectivity index is 1.40. The van der Waals surface area contributed by atoms with Crippen molar-refractivity contribution in [3.63, 3.8) is 0 Å². The summed E-state index contributed by atoms with van der Waals surface area (Å²) in [4.78, 5) is 7.49. The number of nitrogens with zero attached hydrogens (tertiary/aromatic N) is 4. The lowest BCUT2D eigenvalue weighted by Crippen LogP contribution is -2.49. The molecule has 0 bridgehead atoms. The Labute approximate surface area is 195 Å². The van der Waals surface area contributed by atoms with E-state index in [4.69, 9.17) is 4.98 Å². The maximum Gasteiger partial charge on any atom is 0.243 e. The molecule has 0 radical (unpaired) electrons. The second-order valence-corrected chi connectivity index (χ2v) is 10.5. The van der Waals surface area contributed by atoms with Crippen LogP contribution in [0.2, 0.25) is 0 Å². The van der Waals surface area contributed by atoms with E-state index in [2.05, 4.69) is 27.7 Å². The van der Waals surface area contributed by atoms with Gasteiger partial charge in [0, 0.05) is 26.2 Å². The number of para-hydroxylation sites is 2. The molecule has 3 aromatic carbocycles. The summed E-state index contributed by atoms with van der Waals surface area (Å²) in [6.07, 6.45) is 0. The van der Waals surface area contributed by atoms with Gasteiger partial charge in [0.15, 0.2) is 0 Å². The number of anilines is 1. The number of aromatic nitrogens is 2. The first-order valence-electron chi connectivity index (χ1n) is 11.2. The van der Waals surface area contributed by atoms with E-state index in [-0.39, 0.29) is 0 Å². The fraction of sp³-hybridized carbons (Fsp3) is 0.269. The third kappa shape index (κ3) is 4.14. The number of fused-ring (bicyclic) bond motifs is 1. The van der Waals surface area contributed by atoms with E-state index in [1.165, 1.54) is 5.56 Å². The van der Waals surface area contributed by atoms with Crippen molar-refractivity contribution in [3.05, 3.63) is 89.5 Å². The Bertz CT molecular complexity index is 1390. The van der Waals surface area contributed by atoms with Gasteiger partial charge in [-0.15, -0.1) is 0 Å². The second kappa shape index (κ2) is 8.65. The first-order valence-corrected chi connectivity index (χ1v) is 12.7. The minimum absolute atomic E-state index is 0.371. The molecule has 0 atom stereocenters. The van der Waals surface area contributed by atoms with Gasteiger partial charge in [-0.25, -0.2) is 13.4 Å². The molecule has 1 aromatic heterocycles. The van der Waals surface area contributed by atoms with E-state index in [0.717, 1.165) is 34.7 Å². The van der Waals surface area contributed by atoms with Gasteiger partial charge < -0.3 is 9.47 Å². The van der Waals surface area contributed by atoms with E-state index in [1.807, 2.05) is 56.3 Å². The molecule has 1 saturated heterocycles. The van der Waals surface area contributed by atoms with Crippen LogP contribution in [0, 0.1) is 13.8 Å². The molecule has 0 aliphatic carbocycles. The van der Waals surface area contributed by atoms with E-state index in [9.17, 15) is 8.42 Å². The van der Waals surface area contributed by atoms with Crippen LogP contribution in [0.4, 0.5) is 5.95 Å². The summed E-state index contributed by atoms with van der Waals surface area (Å²) in [5.41, 5.74) is 5.33.